The number of hydrogen-bond acceptors (Lipinski definition) is 4. The summed E-state index contributed by atoms with van der Waals surface area (Å²) in [6.45, 7) is 8.53. The molecular formula is C18H29FN4. The molecule has 1 aliphatic rings. The Kier molecular flexibility index (Phi) is 7.12. The van der Waals surface area contributed by atoms with Crippen LogP contribution in [0.2, 0.25) is 0 Å². The van der Waals surface area contributed by atoms with Gasteiger partial charge in [0.25, 0.3) is 0 Å². The molecule has 23 heavy (non-hydrogen) atoms. The molecule has 0 spiro atoms. The monoisotopic (exact) mass is 320 g/mol. The summed E-state index contributed by atoms with van der Waals surface area (Å²) in [5.41, 5.74) is 2.41. The first-order valence-corrected chi connectivity index (χ1v) is 8.53. The fraction of sp³-hybridized carbons (Fsp3) is 0.667. The van der Waals surface area contributed by atoms with E-state index in [2.05, 4.69) is 47.0 Å². The maximum absolute atomic E-state index is 13.8. The van der Waals surface area contributed by atoms with Gasteiger partial charge in [-0.3, -0.25) is 4.90 Å². The molecule has 1 saturated heterocycles. The number of allylic oxidation sites excluding steroid dienone is 2. The van der Waals surface area contributed by atoms with Crippen LogP contribution in [0, 0.1) is 0 Å². The molecule has 3 atom stereocenters. The lowest BCUT2D eigenvalue weighted by Crippen LogP contribution is -2.40. The lowest BCUT2D eigenvalue weighted by molar-refractivity contribution is 0.226. The summed E-state index contributed by atoms with van der Waals surface area (Å²) in [5, 5.41) is 3.57. The Balaban J connectivity index is 1.79. The van der Waals surface area contributed by atoms with Gasteiger partial charge in [-0.15, -0.1) is 0 Å². The Labute approximate surface area is 139 Å². The van der Waals surface area contributed by atoms with Crippen molar-refractivity contribution in [3.05, 3.63) is 35.9 Å². The van der Waals surface area contributed by atoms with Crippen LogP contribution in [0.25, 0.3) is 0 Å². The van der Waals surface area contributed by atoms with Gasteiger partial charge >= 0.3 is 0 Å². The SMILES string of the molecule is CC(C)=CCC[C@H](C)NC[C@@H]1C[C@H](F)CN1Cc1cncnc1. The zero-order valence-electron chi connectivity index (χ0n) is 14.5. The smallest absolute Gasteiger partial charge is 0.115 e. The Morgan fingerprint density at radius 2 is 2.17 bits per heavy atom. The van der Waals surface area contributed by atoms with Crippen molar-refractivity contribution in [2.24, 2.45) is 0 Å². The van der Waals surface area contributed by atoms with Crippen molar-refractivity contribution in [2.75, 3.05) is 13.1 Å². The van der Waals surface area contributed by atoms with Crippen LogP contribution < -0.4 is 5.32 Å². The summed E-state index contributed by atoms with van der Waals surface area (Å²) in [6, 6.07) is 0.697. The number of hydrogen-bond donors (Lipinski definition) is 1. The third kappa shape index (κ3) is 6.36. The molecule has 4 nitrogen and oxygen atoms in total. The van der Waals surface area contributed by atoms with Gasteiger partial charge in [0.15, 0.2) is 0 Å². The average Bonchev–Trinajstić information content (AvgIpc) is 2.85. The van der Waals surface area contributed by atoms with E-state index < -0.39 is 6.17 Å². The highest BCUT2D eigenvalue weighted by Crippen LogP contribution is 2.22. The minimum atomic E-state index is -0.729. The number of halogens is 1. The molecular weight excluding hydrogens is 291 g/mol. The second kappa shape index (κ2) is 9.08. The molecule has 0 unspecified atom stereocenters. The van der Waals surface area contributed by atoms with Gasteiger partial charge in [0.2, 0.25) is 0 Å². The largest absolute Gasteiger partial charge is 0.313 e. The molecule has 0 aromatic carbocycles. The van der Waals surface area contributed by atoms with Crippen LogP contribution in [0.15, 0.2) is 30.4 Å². The molecule has 0 radical (unpaired) electrons. The van der Waals surface area contributed by atoms with Crippen molar-refractivity contribution in [3.8, 4) is 0 Å². The van der Waals surface area contributed by atoms with Gasteiger partial charge in [0, 0.05) is 49.7 Å². The highest BCUT2D eigenvalue weighted by atomic mass is 19.1. The number of likely N-dealkylation sites (tertiary alicyclic amines) is 1. The van der Waals surface area contributed by atoms with Crippen LogP contribution in [-0.2, 0) is 6.54 Å². The highest BCUT2D eigenvalue weighted by molar-refractivity contribution is 5.04. The summed E-state index contributed by atoms with van der Waals surface area (Å²) in [4.78, 5) is 10.3. The standard InChI is InChI=1S/C18H29FN4/c1-14(2)5-4-6-15(3)22-10-18-7-17(19)12-23(18)11-16-8-20-13-21-9-16/h5,8-9,13,15,17-18,22H,4,6-7,10-12H2,1-3H3/t15-,17-,18-/m0/s1. The van der Waals surface area contributed by atoms with Crippen molar-refractivity contribution in [1.82, 2.24) is 20.2 Å². The Hall–Kier alpha value is -1.33. The van der Waals surface area contributed by atoms with Crippen molar-refractivity contribution < 1.29 is 4.39 Å². The van der Waals surface area contributed by atoms with Crippen LogP contribution in [0.1, 0.15) is 45.6 Å². The minimum Gasteiger partial charge on any atom is -0.313 e. The van der Waals surface area contributed by atoms with E-state index in [0.717, 1.165) is 31.5 Å². The predicted octanol–water partition coefficient (Wildman–Crippen LogP) is 3.11. The molecule has 0 aliphatic carbocycles. The topological polar surface area (TPSA) is 41.0 Å². The Morgan fingerprint density at radius 1 is 1.43 bits per heavy atom. The van der Waals surface area contributed by atoms with Gasteiger partial charge in [-0.2, -0.15) is 0 Å². The van der Waals surface area contributed by atoms with Crippen LogP contribution >= 0.6 is 0 Å². The van der Waals surface area contributed by atoms with E-state index in [4.69, 9.17) is 0 Å². The molecule has 1 fully saturated rings. The molecule has 1 aliphatic heterocycles. The molecule has 0 saturated carbocycles. The molecule has 0 amide bonds. The fourth-order valence-corrected chi connectivity index (χ4v) is 3.04. The molecule has 0 bridgehead atoms. The highest BCUT2D eigenvalue weighted by Gasteiger charge is 2.31. The molecule has 2 rings (SSSR count). The first-order chi connectivity index (χ1) is 11.0. The third-order valence-electron chi connectivity index (χ3n) is 4.33. The molecule has 5 heteroatoms. The van der Waals surface area contributed by atoms with Gasteiger partial charge in [-0.05, 0) is 40.0 Å². The van der Waals surface area contributed by atoms with Gasteiger partial charge in [0.05, 0.1) is 0 Å². The van der Waals surface area contributed by atoms with E-state index in [0.29, 0.717) is 19.0 Å². The van der Waals surface area contributed by atoms with E-state index in [-0.39, 0.29) is 6.04 Å². The van der Waals surface area contributed by atoms with Gasteiger partial charge in [0.1, 0.15) is 12.5 Å². The van der Waals surface area contributed by atoms with Crippen LogP contribution in [0.3, 0.4) is 0 Å². The molecule has 2 heterocycles. The average molecular weight is 320 g/mol. The van der Waals surface area contributed by atoms with Gasteiger partial charge in [-0.1, -0.05) is 11.6 Å². The number of alkyl halides is 1. The van der Waals surface area contributed by atoms with Crippen molar-refractivity contribution in [3.63, 3.8) is 0 Å². The summed E-state index contributed by atoms with van der Waals surface area (Å²) in [7, 11) is 0. The third-order valence-corrected chi connectivity index (χ3v) is 4.33. The van der Waals surface area contributed by atoms with Crippen molar-refractivity contribution in [2.45, 2.75) is 64.8 Å². The minimum absolute atomic E-state index is 0.246. The van der Waals surface area contributed by atoms with E-state index in [1.165, 1.54) is 11.9 Å². The lowest BCUT2D eigenvalue weighted by atomic mass is 10.1. The number of aromatic nitrogens is 2. The van der Waals surface area contributed by atoms with Crippen LogP contribution in [0.5, 0.6) is 0 Å². The zero-order valence-corrected chi connectivity index (χ0v) is 14.5. The summed E-state index contributed by atoms with van der Waals surface area (Å²) in [6.07, 6.45) is 9.51. The van der Waals surface area contributed by atoms with E-state index in [1.54, 1.807) is 0 Å². The second-order valence-corrected chi connectivity index (χ2v) is 6.83. The lowest BCUT2D eigenvalue weighted by Gasteiger charge is -2.25. The number of nitrogens with zero attached hydrogens (tertiary/aromatic N) is 3. The van der Waals surface area contributed by atoms with Crippen LogP contribution in [-0.4, -0.2) is 46.2 Å². The normalized spacial score (nSPS) is 23.0. The molecule has 128 valence electrons. The van der Waals surface area contributed by atoms with Gasteiger partial charge < -0.3 is 5.32 Å². The Bertz CT molecular complexity index is 487. The fourth-order valence-electron chi connectivity index (χ4n) is 3.04. The second-order valence-electron chi connectivity index (χ2n) is 6.83. The van der Waals surface area contributed by atoms with E-state index in [1.807, 2.05) is 12.4 Å². The number of rotatable bonds is 8. The quantitative estimate of drug-likeness (QED) is 0.747. The van der Waals surface area contributed by atoms with Gasteiger partial charge in [-0.25, -0.2) is 14.4 Å². The van der Waals surface area contributed by atoms with Crippen LogP contribution in [0.4, 0.5) is 4.39 Å². The maximum atomic E-state index is 13.8. The summed E-state index contributed by atoms with van der Waals surface area (Å²) < 4.78 is 13.8. The number of nitrogens with one attached hydrogen (secondary N) is 1. The van der Waals surface area contributed by atoms with Crippen molar-refractivity contribution in [1.29, 1.82) is 0 Å². The zero-order chi connectivity index (χ0) is 16.7. The predicted molar refractivity (Wildman–Crippen MR) is 91.9 cm³/mol. The first-order valence-electron chi connectivity index (χ1n) is 8.53. The molecule has 1 aromatic heterocycles. The first kappa shape index (κ1) is 18.0. The summed E-state index contributed by atoms with van der Waals surface area (Å²) >= 11 is 0. The molecule has 1 aromatic rings. The maximum Gasteiger partial charge on any atom is 0.115 e. The summed E-state index contributed by atoms with van der Waals surface area (Å²) in [5.74, 6) is 0. The Morgan fingerprint density at radius 3 is 2.87 bits per heavy atom. The van der Waals surface area contributed by atoms with E-state index in [9.17, 15) is 4.39 Å². The van der Waals surface area contributed by atoms with Crippen molar-refractivity contribution >= 4 is 0 Å². The molecule has 1 N–H and O–H groups in total. The van der Waals surface area contributed by atoms with E-state index >= 15 is 0 Å².